The SMILES string of the molecule is CCOc1cccc(CNC(=O)CCNS(=O)(=O)c2ccc(C)c(C)c2)c1. The van der Waals surface area contributed by atoms with Crippen LogP contribution in [0.15, 0.2) is 47.4 Å². The zero-order valence-corrected chi connectivity index (χ0v) is 16.7. The third-order valence-electron chi connectivity index (χ3n) is 4.13. The molecule has 0 spiro atoms. The van der Waals surface area contributed by atoms with E-state index < -0.39 is 10.0 Å². The van der Waals surface area contributed by atoms with Crippen LogP contribution in [0.3, 0.4) is 0 Å². The third kappa shape index (κ3) is 6.37. The number of benzene rings is 2. The first-order valence-electron chi connectivity index (χ1n) is 8.87. The number of aryl methyl sites for hydroxylation is 2. The van der Waals surface area contributed by atoms with E-state index in [0.29, 0.717) is 13.2 Å². The van der Waals surface area contributed by atoms with Gasteiger partial charge >= 0.3 is 0 Å². The largest absolute Gasteiger partial charge is 0.494 e. The molecule has 0 atom stereocenters. The molecule has 2 rings (SSSR count). The van der Waals surface area contributed by atoms with E-state index in [1.807, 2.05) is 45.0 Å². The first-order valence-corrected chi connectivity index (χ1v) is 10.4. The van der Waals surface area contributed by atoms with Crippen molar-refractivity contribution in [2.75, 3.05) is 13.2 Å². The molecule has 0 aliphatic rings. The fourth-order valence-electron chi connectivity index (χ4n) is 2.46. The number of nitrogens with one attached hydrogen (secondary N) is 2. The molecule has 0 aliphatic carbocycles. The van der Waals surface area contributed by atoms with Gasteiger partial charge in [0.25, 0.3) is 0 Å². The van der Waals surface area contributed by atoms with Crippen molar-refractivity contribution in [3.63, 3.8) is 0 Å². The van der Waals surface area contributed by atoms with Crippen LogP contribution in [0, 0.1) is 13.8 Å². The van der Waals surface area contributed by atoms with Crippen LogP contribution in [0.25, 0.3) is 0 Å². The Labute approximate surface area is 161 Å². The van der Waals surface area contributed by atoms with Crippen LogP contribution >= 0.6 is 0 Å². The highest BCUT2D eigenvalue weighted by molar-refractivity contribution is 7.89. The standard InChI is InChI=1S/C20H26N2O4S/c1-4-26-18-7-5-6-17(13-18)14-21-20(23)10-11-22-27(24,25)19-9-8-15(2)16(3)12-19/h5-9,12-13,22H,4,10-11,14H2,1-3H3,(H,21,23). The first kappa shape index (κ1) is 20.9. The fraction of sp³-hybridized carbons (Fsp3) is 0.350. The van der Waals surface area contributed by atoms with Gasteiger partial charge in [-0.05, 0) is 61.7 Å². The molecule has 0 heterocycles. The number of carbonyl (C=O) groups is 1. The monoisotopic (exact) mass is 390 g/mol. The van der Waals surface area contributed by atoms with Gasteiger partial charge in [0.15, 0.2) is 0 Å². The lowest BCUT2D eigenvalue weighted by molar-refractivity contribution is -0.121. The Bertz CT molecular complexity index is 895. The minimum absolute atomic E-state index is 0.0417. The molecule has 0 saturated carbocycles. The van der Waals surface area contributed by atoms with E-state index >= 15 is 0 Å². The van der Waals surface area contributed by atoms with Crippen LogP contribution in [0.4, 0.5) is 0 Å². The topological polar surface area (TPSA) is 84.5 Å². The molecule has 2 aromatic carbocycles. The highest BCUT2D eigenvalue weighted by Gasteiger charge is 2.14. The maximum absolute atomic E-state index is 12.3. The molecule has 7 heteroatoms. The van der Waals surface area contributed by atoms with Crippen LogP contribution in [0.2, 0.25) is 0 Å². The van der Waals surface area contributed by atoms with Crippen molar-refractivity contribution >= 4 is 15.9 Å². The second-order valence-electron chi connectivity index (χ2n) is 6.25. The fourth-order valence-corrected chi connectivity index (χ4v) is 3.58. The summed E-state index contributed by atoms with van der Waals surface area (Å²) in [6.07, 6.45) is 0.0647. The van der Waals surface area contributed by atoms with E-state index in [9.17, 15) is 13.2 Å². The number of hydrogen-bond donors (Lipinski definition) is 2. The molecule has 27 heavy (non-hydrogen) atoms. The Morgan fingerprint density at radius 1 is 1.07 bits per heavy atom. The Balaban J connectivity index is 1.81. The summed E-state index contributed by atoms with van der Waals surface area (Å²) in [5.74, 6) is 0.532. The lowest BCUT2D eigenvalue weighted by atomic mass is 10.1. The van der Waals surface area contributed by atoms with E-state index in [1.54, 1.807) is 18.2 Å². The van der Waals surface area contributed by atoms with E-state index in [2.05, 4.69) is 10.0 Å². The molecule has 0 unspecified atom stereocenters. The van der Waals surface area contributed by atoms with E-state index in [0.717, 1.165) is 22.4 Å². The molecule has 2 N–H and O–H groups in total. The van der Waals surface area contributed by atoms with Crippen molar-refractivity contribution in [2.24, 2.45) is 0 Å². The molecule has 0 aliphatic heterocycles. The lowest BCUT2D eigenvalue weighted by Crippen LogP contribution is -2.30. The van der Waals surface area contributed by atoms with Crippen LogP contribution in [0.5, 0.6) is 5.75 Å². The van der Waals surface area contributed by atoms with Crippen LogP contribution in [-0.4, -0.2) is 27.5 Å². The van der Waals surface area contributed by atoms with Gasteiger partial charge in [-0.3, -0.25) is 4.79 Å². The smallest absolute Gasteiger partial charge is 0.240 e. The Hall–Kier alpha value is -2.38. The minimum atomic E-state index is -3.62. The summed E-state index contributed by atoms with van der Waals surface area (Å²) >= 11 is 0. The number of rotatable bonds is 9. The molecule has 1 amide bonds. The van der Waals surface area contributed by atoms with Crippen molar-refractivity contribution in [2.45, 2.75) is 38.6 Å². The Morgan fingerprint density at radius 2 is 1.85 bits per heavy atom. The lowest BCUT2D eigenvalue weighted by Gasteiger charge is -2.10. The van der Waals surface area contributed by atoms with E-state index in [1.165, 1.54) is 0 Å². The summed E-state index contributed by atoms with van der Waals surface area (Å²) < 4.78 is 32.5. The minimum Gasteiger partial charge on any atom is -0.494 e. The van der Waals surface area contributed by atoms with Gasteiger partial charge in [0, 0.05) is 19.5 Å². The molecule has 0 aromatic heterocycles. The number of ether oxygens (including phenoxy) is 1. The van der Waals surface area contributed by atoms with E-state index in [-0.39, 0.29) is 23.8 Å². The predicted molar refractivity (Wildman–Crippen MR) is 105 cm³/mol. The molecular formula is C20H26N2O4S. The van der Waals surface area contributed by atoms with Crippen LogP contribution in [0.1, 0.15) is 30.0 Å². The van der Waals surface area contributed by atoms with Gasteiger partial charge in [-0.2, -0.15) is 0 Å². The summed E-state index contributed by atoms with van der Waals surface area (Å²) in [6, 6.07) is 12.4. The number of amides is 1. The van der Waals surface area contributed by atoms with Crippen LogP contribution < -0.4 is 14.8 Å². The summed E-state index contributed by atoms with van der Waals surface area (Å²) in [7, 11) is -3.62. The highest BCUT2D eigenvalue weighted by atomic mass is 32.2. The summed E-state index contributed by atoms with van der Waals surface area (Å²) in [6.45, 7) is 6.68. The number of carbonyl (C=O) groups excluding carboxylic acids is 1. The zero-order valence-electron chi connectivity index (χ0n) is 15.9. The second kappa shape index (κ2) is 9.53. The van der Waals surface area contributed by atoms with Gasteiger partial charge in [-0.15, -0.1) is 0 Å². The normalized spacial score (nSPS) is 11.2. The van der Waals surface area contributed by atoms with Crippen LogP contribution in [-0.2, 0) is 21.4 Å². The second-order valence-corrected chi connectivity index (χ2v) is 8.02. The molecule has 6 nitrogen and oxygen atoms in total. The maximum atomic E-state index is 12.3. The zero-order chi connectivity index (χ0) is 19.9. The highest BCUT2D eigenvalue weighted by Crippen LogP contribution is 2.15. The summed E-state index contributed by atoms with van der Waals surface area (Å²) in [5.41, 5.74) is 2.86. The number of hydrogen-bond acceptors (Lipinski definition) is 4. The van der Waals surface area contributed by atoms with Crippen molar-refractivity contribution in [1.82, 2.24) is 10.0 Å². The van der Waals surface area contributed by atoms with Gasteiger partial charge in [-0.25, -0.2) is 13.1 Å². The maximum Gasteiger partial charge on any atom is 0.240 e. The predicted octanol–water partition coefficient (Wildman–Crippen LogP) is 2.69. The Morgan fingerprint density at radius 3 is 2.56 bits per heavy atom. The summed E-state index contributed by atoms with van der Waals surface area (Å²) in [5, 5.41) is 2.78. The average Bonchev–Trinajstić information content (AvgIpc) is 2.62. The van der Waals surface area contributed by atoms with Crippen molar-refractivity contribution in [1.29, 1.82) is 0 Å². The average molecular weight is 391 g/mol. The number of sulfonamides is 1. The van der Waals surface area contributed by atoms with Gasteiger partial charge in [-0.1, -0.05) is 18.2 Å². The quantitative estimate of drug-likeness (QED) is 0.689. The third-order valence-corrected chi connectivity index (χ3v) is 5.59. The van der Waals surface area contributed by atoms with Gasteiger partial charge in [0.2, 0.25) is 15.9 Å². The molecular weight excluding hydrogens is 364 g/mol. The molecule has 0 radical (unpaired) electrons. The van der Waals surface area contributed by atoms with Crippen molar-refractivity contribution < 1.29 is 17.9 Å². The van der Waals surface area contributed by atoms with Crippen molar-refractivity contribution in [3.8, 4) is 5.75 Å². The van der Waals surface area contributed by atoms with Crippen molar-refractivity contribution in [3.05, 3.63) is 59.2 Å². The van der Waals surface area contributed by atoms with Gasteiger partial charge in [0.1, 0.15) is 5.75 Å². The van der Waals surface area contributed by atoms with E-state index in [4.69, 9.17) is 4.74 Å². The molecule has 146 valence electrons. The summed E-state index contributed by atoms with van der Waals surface area (Å²) in [4.78, 5) is 12.2. The van der Waals surface area contributed by atoms with Gasteiger partial charge < -0.3 is 10.1 Å². The van der Waals surface area contributed by atoms with Gasteiger partial charge in [0.05, 0.1) is 11.5 Å². The first-order chi connectivity index (χ1) is 12.8. The molecule has 0 bridgehead atoms. The molecule has 0 saturated heterocycles. The molecule has 2 aromatic rings. The molecule has 0 fully saturated rings. The Kier molecular flexibility index (Phi) is 7.38.